The molecule has 1 N–H and O–H groups in total. The van der Waals surface area contributed by atoms with Crippen molar-refractivity contribution in [3.8, 4) is 5.75 Å². The lowest BCUT2D eigenvalue weighted by molar-refractivity contribution is -0.120. The van der Waals surface area contributed by atoms with Crippen molar-refractivity contribution in [2.75, 3.05) is 17.3 Å². The molecule has 31 heavy (non-hydrogen) atoms. The van der Waals surface area contributed by atoms with Gasteiger partial charge < -0.3 is 10.1 Å². The lowest BCUT2D eigenvalue weighted by Gasteiger charge is -2.16. The molecule has 156 valence electrons. The van der Waals surface area contributed by atoms with E-state index >= 15 is 0 Å². The number of ether oxygens (including phenoxy) is 1. The minimum atomic E-state index is -0.536. The van der Waals surface area contributed by atoms with Crippen molar-refractivity contribution >= 4 is 40.4 Å². The summed E-state index contributed by atoms with van der Waals surface area (Å²) in [5, 5.41) is 3.33. The molecular weight excluding hydrogens is 419 g/mol. The van der Waals surface area contributed by atoms with Crippen molar-refractivity contribution < 1.29 is 18.7 Å². The largest absolute Gasteiger partial charge is 0.495 e. The lowest BCUT2D eigenvalue weighted by atomic mass is 10.0. The van der Waals surface area contributed by atoms with E-state index in [4.69, 9.17) is 16.3 Å². The van der Waals surface area contributed by atoms with E-state index in [9.17, 15) is 14.0 Å². The van der Waals surface area contributed by atoms with Gasteiger partial charge in [0.25, 0.3) is 11.8 Å². The van der Waals surface area contributed by atoms with Crippen LogP contribution in [-0.4, -0.2) is 18.9 Å². The van der Waals surface area contributed by atoms with E-state index in [-0.39, 0.29) is 16.3 Å². The van der Waals surface area contributed by atoms with Crippen LogP contribution in [0.4, 0.5) is 15.8 Å². The standard InChI is InChI=1S/C24H18ClFN2O3/c1-14-3-9-17(10-4-14)27-22-21(15-5-7-16(26)8-6-15)23(29)28(24(22)30)18-11-12-20(31-2)19(25)13-18/h3-13,27H,1-2H3. The number of anilines is 2. The molecule has 0 radical (unpaired) electrons. The van der Waals surface area contributed by atoms with Gasteiger partial charge in [-0.1, -0.05) is 41.4 Å². The van der Waals surface area contributed by atoms with Crippen molar-refractivity contribution in [3.05, 3.63) is 94.4 Å². The number of hydrogen-bond acceptors (Lipinski definition) is 4. The molecule has 0 aromatic heterocycles. The average Bonchev–Trinajstić information content (AvgIpc) is 3.00. The molecule has 0 fully saturated rings. The predicted octanol–water partition coefficient (Wildman–Crippen LogP) is 5.19. The molecule has 3 aromatic carbocycles. The molecule has 4 rings (SSSR count). The number of nitrogens with zero attached hydrogens (tertiary/aromatic N) is 1. The maximum Gasteiger partial charge on any atom is 0.282 e. The third-order valence-electron chi connectivity index (χ3n) is 4.93. The number of hydrogen-bond donors (Lipinski definition) is 1. The zero-order chi connectivity index (χ0) is 22.1. The number of carbonyl (C=O) groups excluding carboxylic acids is 2. The second-order valence-corrected chi connectivity index (χ2v) is 7.42. The lowest BCUT2D eigenvalue weighted by Crippen LogP contribution is -2.32. The highest BCUT2D eigenvalue weighted by Crippen LogP contribution is 2.36. The fraction of sp³-hybridized carbons (Fsp3) is 0.0833. The first kappa shape index (κ1) is 20.6. The third kappa shape index (κ3) is 3.90. The van der Waals surface area contributed by atoms with Crippen molar-refractivity contribution in [2.45, 2.75) is 6.92 Å². The summed E-state index contributed by atoms with van der Waals surface area (Å²) in [6, 6.07) is 17.5. The number of methoxy groups -OCH3 is 1. The van der Waals surface area contributed by atoms with Crippen molar-refractivity contribution in [3.63, 3.8) is 0 Å². The Morgan fingerprint density at radius 1 is 0.935 bits per heavy atom. The fourth-order valence-corrected chi connectivity index (χ4v) is 3.59. The number of aryl methyl sites for hydroxylation is 1. The third-order valence-corrected chi connectivity index (χ3v) is 5.23. The summed E-state index contributed by atoms with van der Waals surface area (Å²) < 4.78 is 18.6. The molecule has 7 heteroatoms. The van der Waals surface area contributed by atoms with Gasteiger partial charge in [-0.2, -0.15) is 0 Å². The molecule has 2 amide bonds. The first-order chi connectivity index (χ1) is 14.9. The van der Waals surface area contributed by atoms with Crippen LogP contribution in [0.5, 0.6) is 5.75 Å². The van der Waals surface area contributed by atoms with Crippen LogP contribution in [0, 0.1) is 12.7 Å². The molecule has 0 spiro atoms. The summed E-state index contributed by atoms with van der Waals surface area (Å²) in [4.78, 5) is 27.7. The van der Waals surface area contributed by atoms with Gasteiger partial charge >= 0.3 is 0 Å². The Labute approximate surface area is 183 Å². The smallest absolute Gasteiger partial charge is 0.282 e. The van der Waals surface area contributed by atoms with Gasteiger partial charge in [0, 0.05) is 5.69 Å². The Balaban J connectivity index is 1.80. The topological polar surface area (TPSA) is 58.6 Å². The fourth-order valence-electron chi connectivity index (χ4n) is 3.34. The van der Waals surface area contributed by atoms with Gasteiger partial charge in [-0.3, -0.25) is 9.59 Å². The number of amides is 2. The number of benzene rings is 3. The average molecular weight is 437 g/mol. The molecule has 0 bridgehead atoms. The number of halogens is 2. The van der Waals surface area contributed by atoms with Crippen LogP contribution in [0.3, 0.4) is 0 Å². The Kier molecular flexibility index (Phi) is 5.48. The maximum absolute atomic E-state index is 13.5. The summed E-state index contributed by atoms with van der Waals surface area (Å²) in [5.41, 5.74) is 2.69. The molecule has 5 nitrogen and oxygen atoms in total. The first-order valence-corrected chi connectivity index (χ1v) is 9.83. The monoisotopic (exact) mass is 436 g/mol. The van der Waals surface area contributed by atoms with Crippen LogP contribution in [0.15, 0.2) is 72.4 Å². The number of nitrogens with one attached hydrogen (secondary N) is 1. The van der Waals surface area contributed by atoms with Gasteiger partial charge in [-0.05, 0) is 55.0 Å². The second-order valence-electron chi connectivity index (χ2n) is 7.01. The molecule has 3 aromatic rings. The van der Waals surface area contributed by atoms with E-state index in [0.717, 1.165) is 10.5 Å². The molecule has 0 atom stereocenters. The highest BCUT2D eigenvalue weighted by atomic mass is 35.5. The SMILES string of the molecule is COc1ccc(N2C(=O)C(Nc3ccc(C)cc3)=C(c3ccc(F)cc3)C2=O)cc1Cl. The Morgan fingerprint density at radius 3 is 2.23 bits per heavy atom. The molecule has 0 unspecified atom stereocenters. The minimum Gasteiger partial charge on any atom is -0.495 e. The zero-order valence-electron chi connectivity index (χ0n) is 16.8. The summed E-state index contributed by atoms with van der Waals surface area (Å²) >= 11 is 6.21. The van der Waals surface area contributed by atoms with Gasteiger partial charge in [0.1, 0.15) is 17.3 Å². The van der Waals surface area contributed by atoms with E-state index < -0.39 is 17.6 Å². The predicted molar refractivity (Wildman–Crippen MR) is 119 cm³/mol. The number of rotatable bonds is 5. The van der Waals surface area contributed by atoms with E-state index in [1.165, 1.54) is 37.4 Å². The van der Waals surface area contributed by atoms with Crippen LogP contribution in [0.1, 0.15) is 11.1 Å². The van der Waals surface area contributed by atoms with Crippen LogP contribution in [0.25, 0.3) is 5.57 Å². The maximum atomic E-state index is 13.5. The van der Waals surface area contributed by atoms with Gasteiger partial charge in [0.15, 0.2) is 0 Å². The van der Waals surface area contributed by atoms with Gasteiger partial charge in [0.2, 0.25) is 0 Å². The normalized spacial score (nSPS) is 13.7. The van der Waals surface area contributed by atoms with Crippen LogP contribution in [-0.2, 0) is 9.59 Å². The van der Waals surface area contributed by atoms with Crippen LogP contribution < -0.4 is 15.0 Å². The van der Waals surface area contributed by atoms with Gasteiger partial charge in [0.05, 0.1) is 23.4 Å². The molecule has 1 heterocycles. The van der Waals surface area contributed by atoms with Gasteiger partial charge in [-0.15, -0.1) is 0 Å². The van der Waals surface area contributed by atoms with E-state index in [2.05, 4.69) is 5.32 Å². The van der Waals surface area contributed by atoms with E-state index in [0.29, 0.717) is 22.7 Å². The molecular formula is C24H18ClFN2O3. The number of carbonyl (C=O) groups is 2. The van der Waals surface area contributed by atoms with Crippen molar-refractivity contribution in [1.29, 1.82) is 0 Å². The second kappa shape index (κ2) is 8.24. The number of imide groups is 1. The summed E-state index contributed by atoms with van der Waals surface area (Å²) in [6.07, 6.45) is 0. The molecule has 1 aliphatic rings. The highest BCUT2D eigenvalue weighted by molar-refractivity contribution is 6.46. The summed E-state index contributed by atoms with van der Waals surface area (Å²) in [7, 11) is 1.48. The quantitative estimate of drug-likeness (QED) is 0.559. The van der Waals surface area contributed by atoms with Crippen LogP contribution >= 0.6 is 11.6 Å². The summed E-state index contributed by atoms with van der Waals surface area (Å²) in [5.74, 6) is -1.08. The first-order valence-electron chi connectivity index (χ1n) is 9.45. The zero-order valence-corrected chi connectivity index (χ0v) is 17.5. The molecule has 0 aliphatic carbocycles. The van der Waals surface area contributed by atoms with Crippen molar-refractivity contribution in [1.82, 2.24) is 0 Å². The minimum absolute atomic E-state index is 0.104. The Bertz CT molecular complexity index is 1200. The van der Waals surface area contributed by atoms with Gasteiger partial charge in [-0.25, -0.2) is 9.29 Å². The van der Waals surface area contributed by atoms with Crippen molar-refractivity contribution in [2.24, 2.45) is 0 Å². The Morgan fingerprint density at radius 2 is 1.61 bits per heavy atom. The molecule has 1 aliphatic heterocycles. The Hall–Kier alpha value is -3.64. The van der Waals surface area contributed by atoms with Crippen LogP contribution in [0.2, 0.25) is 5.02 Å². The van der Waals surface area contributed by atoms with E-state index in [1.807, 2.05) is 31.2 Å². The molecule has 0 saturated heterocycles. The van der Waals surface area contributed by atoms with E-state index in [1.54, 1.807) is 12.1 Å². The highest BCUT2D eigenvalue weighted by Gasteiger charge is 2.40. The summed E-state index contributed by atoms with van der Waals surface area (Å²) in [6.45, 7) is 1.95. The molecule has 0 saturated carbocycles.